The van der Waals surface area contributed by atoms with Gasteiger partial charge in [-0.15, -0.1) is 5.10 Å². The molecule has 0 radical (unpaired) electrons. The Kier molecular flexibility index (Phi) is 5.72. The van der Waals surface area contributed by atoms with Gasteiger partial charge in [-0.25, -0.2) is 9.97 Å². The molecule has 0 aliphatic rings. The fraction of sp³-hybridized carbons (Fsp3) is 0.250. The Morgan fingerprint density at radius 1 is 1.00 bits per heavy atom. The molecule has 0 unspecified atom stereocenters. The largest absolute Gasteiger partial charge is 0.493 e. The highest BCUT2D eigenvalue weighted by Gasteiger charge is 2.17. The van der Waals surface area contributed by atoms with Gasteiger partial charge in [-0.05, 0) is 23.8 Å². The lowest BCUT2D eigenvalue weighted by molar-refractivity contribution is 0.355. The van der Waals surface area contributed by atoms with Crippen LogP contribution in [0.15, 0.2) is 35.5 Å². The summed E-state index contributed by atoms with van der Waals surface area (Å²) >= 11 is 13.7. The Morgan fingerprint density at radius 2 is 1.76 bits per heavy atom. The van der Waals surface area contributed by atoms with E-state index >= 15 is 0 Å². The second kappa shape index (κ2) is 8.26. The van der Waals surface area contributed by atoms with Gasteiger partial charge >= 0.3 is 0 Å². The van der Waals surface area contributed by atoms with Gasteiger partial charge in [0, 0.05) is 23.6 Å². The van der Waals surface area contributed by atoms with Crippen LogP contribution in [-0.4, -0.2) is 33.8 Å². The summed E-state index contributed by atoms with van der Waals surface area (Å²) in [4.78, 5) is 9.51. The van der Waals surface area contributed by atoms with E-state index in [1.807, 2.05) is 31.2 Å². The summed E-state index contributed by atoms with van der Waals surface area (Å²) in [5.74, 6) is 2.66. The minimum atomic E-state index is 0.534. The van der Waals surface area contributed by atoms with Gasteiger partial charge in [0.15, 0.2) is 28.1 Å². The predicted octanol–water partition coefficient (Wildman–Crippen LogP) is 5.46. The highest BCUT2D eigenvalue weighted by Crippen LogP contribution is 2.35. The van der Waals surface area contributed by atoms with E-state index < -0.39 is 0 Å². The van der Waals surface area contributed by atoms with Gasteiger partial charge in [-0.1, -0.05) is 48.0 Å². The molecule has 2 aromatic carbocycles. The van der Waals surface area contributed by atoms with Crippen LogP contribution in [0, 0.1) is 0 Å². The molecular formula is C20H18Cl2N4O2S. The van der Waals surface area contributed by atoms with Crippen molar-refractivity contribution in [3.63, 3.8) is 0 Å². The number of hydrogen-bond donors (Lipinski definition) is 0. The van der Waals surface area contributed by atoms with Crippen LogP contribution in [0.1, 0.15) is 18.3 Å². The first kappa shape index (κ1) is 20.1. The van der Waals surface area contributed by atoms with Crippen LogP contribution in [0.5, 0.6) is 11.5 Å². The number of benzene rings is 2. The van der Waals surface area contributed by atoms with Crippen molar-refractivity contribution >= 4 is 51.5 Å². The van der Waals surface area contributed by atoms with Crippen molar-refractivity contribution in [3.8, 4) is 11.5 Å². The summed E-state index contributed by atoms with van der Waals surface area (Å²) in [6, 6.07) is 9.36. The van der Waals surface area contributed by atoms with Crippen LogP contribution >= 0.6 is 35.0 Å². The summed E-state index contributed by atoms with van der Waals surface area (Å²) in [5, 5.41) is 7.29. The molecule has 0 bridgehead atoms. The van der Waals surface area contributed by atoms with Gasteiger partial charge in [0.05, 0.1) is 29.8 Å². The number of halogens is 2. The number of aryl methyl sites for hydroxylation is 1. The number of hydrogen-bond acceptors (Lipinski definition) is 6. The van der Waals surface area contributed by atoms with Crippen molar-refractivity contribution in [3.05, 3.63) is 51.8 Å². The molecule has 0 atom stereocenters. The maximum atomic E-state index is 6.14. The number of fused-ring (bicyclic) bond motifs is 3. The third-order valence-electron chi connectivity index (χ3n) is 4.46. The lowest BCUT2D eigenvalue weighted by atomic mass is 10.2. The SMILES string of the molecule is CCc1nc2c3cc(OC)c(OC)cc3nc(SCc3ccc(Cl)c(Cl)c3)n2n1. The second-order valence-corrected chi connectivity index (χ2v) is 8.03. The molecular weight excluding hydrogens is 431 g/mol. The molecule has 9 heteroatoms. The first-order chi connectivity index (χ1) is 14.0. The van der Waals surface area contributed by atoms with Crippen molar-refractivity contribution in [1.29, 1.82) is 0 Å². The maximum Gasteiger partial charge on any atom is 0.191 e. The summed E-state index contributed by atoms with van der Waals surface area (Å²) in [6.07, 6.45) is 0.730. The zero-order valence-electron chi connectivity index (χ0n) is 16.1. The number of methoxy groups -OCH3 is 2. The standard InChI is InChI=1S/C20H18Cl2N4O2S/c1-4-18-24-19-12-8-16(27-2)17(28-3)9-15(12)23-20(26(19)25-18)29-10-11-5-6-13(21)14(22)7-11/h5-9H,4,10H2,1-3H3. The topological polar surface area (TPSA) is 61.5 Å². The van der Waals surface area contributed by atoms with Crippen molar-refractivity contribution in [2.24, 2.45) is 0 Å². The number of rotatable bonds is 6. The smallest absolute Gasteiger partial charge is 0.191 e. The zero-order valence-corrected chi connectivity index (χ0v) is 18.4. The molecule has 0 saturated heterocycles. The van der Waals surface area contributed by atoms with Crippen molar-refractivity contribution in [2.45, 2.75) is 24.3 Å². The van der Waals surface area contributed by atoms with Crippen LogP contribution in [0.2, 0.25) is 10.0 Å². The van der Waals surface area contributed by atoms with Gasteiger partial charge in [-0.2, -0.15) is 4.52 Å². The van der Waals surface area contributed by atoms with Crippen LogP contribution in [0.3, 0.4) is 0 Å². The van der Waals surface area contributed by atoms with E-state index in [2.05, 4.69) is 5.10 Å². The third kappa shape index (κ3) is 3.82. The normalized spacial score (nSPS) is 11.3. The molecule has 4 rings (SSSR count). The van der Waals surface area contributed by atoms with E-state index in [-0.39, 0.29) is 0 Å². The number of aromatic nitrogens is 4. The minimum Gasteiger partial charge on any atom is -0.493 e. The van der Waals surface area contributed by atoms with E-state index in [0.717, 1.165) is 39.5 Å². The molecule has 150 valence electrons. The number of nitrogens with zero attached hydrogens (tertiary/aromatic N) is 4. The van der Waals surface area contributed by atoms with Gasteiger partial charge in [-0.3, -0.25) is 0 Å². The van der Waals surface area contributed by atoms with Crippen LogP contribution < -0.4 is 9.47 Å². The van der Waals surface area contributed by atoms with E-state index in [9.17, 15) is 0 Å². The molecule has 29 heavy (non-hydrogen) atoms. The highest BCUT2D eigenvalue weighted by molar-refractivity contribution is 7.98. The second-order valence-electron chi connectivity index (χ2n) is 6.27. The Hall–Kier alpha value is -2.22. The molecule has 4 aromatic rings. The molecule has 0 aliphatic heterocycles. The Morgan fingerprint density at radius 3 is 2.45 bits per heavy atom. The average molecular weight is 449 g/mol. The Balaban J connectivity index is 1.82. The molecule has 6 nitrogen and oxygen atoms in total. The number of ether oxygens (including phenoxy) is 2. The van der Waals surface area contributed by atoms with Crippen LogP contribution in [0.25, 0.3) is 16.6 Å². The minimum absolute atomic E-state index is 0.534. The molecule has 0 aliphatic carbocycles. The molecule has 0 spiro atoms. The maximum absolute atomic E-state index is 6.14. The third-order valence-corrected chi connectivity index (χ3v) is 6.20. The van der Waals surface area contributed by atoms with E-state index in [1.165, 1.54) is 0 Å². The molecule has 2 aromatic heterocycles. The average Bonchev–Trinajstić information content (AvgIpc) is 3.18. The molecule has 0 fully saturated rings. The van der Waals surface area contributed by atoms with Gasteiger partial charge < -0.3 is 9.47 Å². The molecule has 0 N–H and O–H groups in total. The fourth-order valence-corrected chi connectivity index (χ4v) is 4.18. The first-order valence-electron chi connectivity index (χ1n) is 8.92. The van der Waals surface area contributed by atoms with E-state index in [4.69, 9.17) is 42.6 Å². The van der Waals surface area contributed by atoms with E-state index in [0.29, 0.717) is 27.3 Å². The fourth-order valence-electron chi connectivity index (χ4n) is 2.97. The summed E-state index contributed by atoms with van der Waals surface area (Å²) in [7, 11) is 3.21. The molecule has 0 saturated carbocycles. The van der Waals surface area contributed by atoms with Crippen molar-refractivity contribution in [1.82, 2.24) is 19.6 Å². The number of thioether (sulfide) groups is 1. The molecule has 2 heterocycles. The van der Waals surface area contributed by atoms with Crippen LogP contribution in [-0.2, 0) is 12.2 Å². The van der Waals surface area contributed by atoms with Gasteiger partial charge in [0.1, 0.15) is 0 Å². The van der Waals surface area contributed by atoms with Crippen molar-refractivity contribution < 1.29 is 9.47 Å². The Labute approximate surface area is 182 Å². The quantitative estimate of drug-likeness (QED) is 0.288. The summed E-state index contributed by atoms with van der Waals surface area (Å²) in [5.41, 5.74) is 2.55. The van der Waals surface area contributed by atoms with Crippen LogP contribution in [0.4, 0.5) is 0 Å². The zero-order chi connectivity index (χ0) is 20.5. The summed E-state index contributed by atoms with van der Waals surface area (Å²) < 4.78 is 12.7. The highest BCUT2D eigenvalue weighted by atomic mass is 35.5. The lowest BCUT2D eigenvalue weighted by Gasteiger charge is -2.11. The molecule has 0 amide bonds. The summed E-state index contributed by atoms with van der Waals surface area (Å²) in [6.45, 7) is 2.02. The van der Waals surface area contributed by atoms with Gasteiger partial charge in [0.2, 0.25) is 0 Å². The van der Waals surface area contributed by atoms with Crippen molar-refractivity contribution in [2.75, 3.05) is 14.2 Å². The first-order valence-corrected chi connectivity index (χ1v) is 10.7. The Bertz CT molecular complexity index is 1210. The van der Waals surface area contributed by atoms with Gasteiger partial charge in [0.25, 0.3) is 0 Å². The van der Waals surface area contributed by atoms with E-state index in [1.54, 1.807) is 36.6 Å². The lowest BCUT2D eigenvalue weighted by Crippen LogP contribution is -2.00. The predicted molar refractivity (Wildman–Crippen MR) is 117 cm³/mol. The monoisotopic (exact) mass is 448 g/mol.